The summed E-state index contributed by atoms with van der Waals surface area (Å²) in [5.41, 5.74) is 0. The Labute approximate surface area is 129 Å². The second-order valence-corrected chi connectivity index (χ2v) is 7.96. The van der Waals surface area contributed by atoms with E-state index in [2.05, 4.69) is 10.3 Å². The molecule has 1 aliphatic carbocycles. The van der Waals surface area contributed by atoms with Crippen LogP contribution in [-0.2, 0) is 20.4 Å². The number of aromatic nitrogens is 2. The number of imidazole rings is 1. The number of aryl methyl sites for hydroxylation is 1. The number of carbonyl (C=O) groups excluding carboxylic acids is 1. The molecule has 0 atom stereocenters. The molecule has 2 rings (SSSR count). The molecule has 0 bridgehead atoms. The number of rotatable bonds is 4. The van der Waals surface area contributed by atoms with Crippen LogP contribution < -0.4 is 5.32 Å². The average Bonchev–Trinajstić information content (AvgIpc) is 2.61. The van der Waals surface area contributed by atoms with Gasteiger partial charge in [0.2, 0.25) is 5.91 Å². The number of hydrogen-bond donors (Lipinski definition) is 1. The van der Waals surface area contributed by atoms with E-state index in [1.165, 1.54) is 23.6 Å². The van der Waals surface area contributed by atoms with Crippen LogP contribution in [0.25, 0.3) is 0 Å². The number of carbonyl (C=O) groups is 1. The summed E-state index contributed by atoms with van der Waals surface area (Å²) in [6, 6.07) is 0.222. The molecule has 0 aliphatic heterocycles. The lowest BCUT2D eigenvalue weighted by Gasteiger charge is -2.16. The van der Waals surface area contributed by atoms with Gasteiger partial charge >= 0.3 is 0 Å². The first-order valence-electron chi connectivity index (χ1n) is 7.14. The molecule has 1 N–H and O–H groups in total. The van der Waals surface area contributed by atoms with E-state index in [1.54, 1.807) is 6.92 Å². The van der Waals surface area contributed by atoms with Crippen molar-refractivity contribution in [3.8, 4) is 0 Å². The van der Waals surface area contributed by atoms with Crippen LogP contribution in [-0.4, -0.2) is 29.9 Å². The number of nitrogens with zero attached hydrogens (tertiary/aromatic N) is 2. The van der Waals surface area contributed by atoms with Gasteiger partial charge in [-0.25, -0.2) is 13.4 Å². The Kier molecular flexibility index (Phi) is 5.27. The van der Waals surface area contributed by atoms with Crippen molar-refractivity contribution in [2.45, 2.75) is 63.1 Å². The van der Waals surface area contributed by atoms with Gasteiger partial charge in [-0.3, -0.25) is 4.79 Å². The normalized spacial score (nSPS) is 17.4. The maximum atomic E-state index is 12.1. The van der Waals surface area contributed by atoms with E-state index in [0.717, 1.165) is 25.7 Å². The van der Waals surface area contributed by atoms with E-state index in [1.807, 2.05) is 0 Å². The Bertz CT molecular complexity index is 604. The largest absolute Gasteiger partial charge is 0.352 e. The SMILES string of the molecule is Cc1nc(S(=O)(=O)Cl)cn1CC(=O)NC1CCCCCC1. The van der Waals surface area contributed by atoms with Crippen LogP contribution in [0.15, 0.2) is 11.2 Å². The standard InChI is InChI=1S/C13H20ClN3O3S/c1-10-15-13(21(14,19)20)9-17(10)8-12(18)16-11-6-4-2-3-5-7-11/h9,11H,2-8H2,1H3,(H,16,18). The van der Waals surface area contributed by atoms with Crippen LogP contribution in [0.2, 0.25) is 0 Å². The molecule has 0 saturated heterocycles. The quantitative estimate of drug-likeness (QED) is 0.674. The molecule has 0 radical (unpaired) electrons. The van der Waals surface area contributed by atoms with Crippen molar-refractivity contribution in [3.63, 3.8) is 0 Å². The monoisotopic (exact) mass is 333 g/mol. The molecule has 1 amide bonds. The summed E-state index contributed by atoms with van der Waals surface area (Å²) in [5, 5.41) is 2.79. The van der Waals surface area contributed by atoms with Gasteiger partial charge in [0.15, 0.2) is 5.03 Å². The first-order valence-corrected chi connectivity index (χ1v) is 9.45. The van der Waals surface area contributed by atoms with E-state index in [0.29, 0.717) is 5.82 Å². The van der Waals surface area contributed by atoms with Gasteiger partial charge in [-0.2, -0.15) is 0 Å². The van der Waals surface area contributed by atoms with Gasteiger partial charge in [0.05, 0.1) is 0 Å². The van der Waals surface area contributed by atoms with Crippen molar-refractivity contribution in [1.82, 2.24) is 14.9 Å². The molecule has 1 aromatic rings. The summed E-state index contributed by atoms with van der Waals surface area (Å²) >= 11 is 0. The van der Waals surface area contributed by atoms with Crippen molar-refractivity contribution >= 4 is 25.6 Å². The molecular weight excluding hydrogens is 314 g/mol. The van der Waals surface area contributed by atoms with Gasteiger partial charge in [0.25, 0.3) is 9.05 Å². The van der Waals surface area contributed by atoms with E-state index in [9.17, 15) is 13.2 Å². The highest BCUT2D eigenvalue weighted by Crippen LogP contribution is 2.17. The highest BCUT2D eigenvalue weighted by atomic mass is 35.7. The van der Waals surface area contributed by atoms with E-state index in [-0.39, 0.29) is 23.5 Å². The lowest BCUT2D eigenvalue weighted by molar-refractivity contribution is -0.122. The lowest BCUT2D eigenvalue weighted by atomic mass is 10.1. The summed E-state index contributed by atoms with van der Waals surface area (Å²) in [7, 11) is 1.39. The second-order valence-electron chi connectivity index (χ2n) is 5.45. The summed E-state index contributed by atoms with van der Waals surface area (Å²) in [6.45, 7) is 1.70. The zero-order valence-electron chi connectivity index (χ0n) is 12.0. The molecule has 1 saturated carbocycles. The third-order valence-corrected chi connectivity index (χ3v) is 4.91. The van der Waals surface area contributed by atoms with Crippen molar-refractivity contribution in [3.05, 3.63) is 12.0 Å². The van der Waals surface area contributed by atoms with E-state index < -0.39 is 9.05 Å². The zero-order chi connectivity index (χ0) is 15.5. The van der Waals surface area contributed by atoms with Crippen LogP contribution >= 0.6 is 10.7 Å². The molecule has 0 aromatic carbocycles. The van der Waals surface area contributed by atoms with Gasteiger partial charge in [-0.15, -0.1) is 0 Å². The van der Waals surface area contributed by atoms with Gasteiger partial charge in [-0.05, 0) is 19.8 Å². The summed E-state index contributed by atoms with van der Waals surface area (Å²) in [6.07, 6.45) is 8.05. The highest BCUT2D eigenvalue weighted by Gasteiger charge is 2.19. The molecule has 0 unspecified atom stereocenters. The number of hydrogen-bond acceptors (Lipinski definition) is 4. The summed E-state index contributed by atoms with van der Waals surface area (Å²) in [4.78, 5) is 15.9. The van der Waals surface area contributed by atoms with Crippen LogP contribution in [0.1, 0.15) is 44.3 Å². The molecule has 21 heavy (non-hydrogen) atoms. The minimum Gasteiger partial charge on any atom is -0.352 e. The molecule has 0 spiro atoms. The minimum absolute atomic E-state index is 0.0573. The fourth-order valence-electron chi connectivity index (χ4n) is 2.61. The van der Waals surface area contributed by atoms with Crippen molar-refractivity contribution in [1.29, 1.82) is 0 Å². The zero-order valence-corrected chi connectivity index (χ0v) is 13.6. The fourth-order valence-corrected chi connectivity index (χ4v) is 3.33. The van der Waals surface area contributed by atoms with E-state index >= 15 is 0 Å². The number of halogens is 1. The topological polar surface area (TPSA) is 81.1 Å². The number of amides is 1. The minimum atomic E-state index is -3.86. The van der Waals surface area contributed by atoms with Crippen LogP contribution in [0.3, 0.4) is 0 Å². The Morgan fingerprint density at radius 2 is 2.00 bits per heavy atom. The number of nitrogens with one attached hydrogen (secondary N) is 1. The molecule has 8 heteroatoms. The Morgan fingerprint density at radius 1 is 1.38 bits per heavy atom. The Balaban J connectivity index is 1.97. The van der Waals surface area contributed by atoms with Crippen LogP contribution in [0.5, 0.6) is 0 Å². The summed E-state index contributed by atoms with van der Waals surface area (Å²) < 4.78 is 24.0. The Morgan fingerprint density at radius 3 is 2.52 bits per heavy atom. The van der Waals surface area contributed by atoms with Crippen molar-refractivity contribution in [2.24, 2.45) is 0 Å². The molecule has 1 aromatic heterocycles. The van der Waals surface area contributed by atoms with Gasteiger partial charge in [0.1, 0.15) is 12.4 Å². The third-order valence-electron chi connectivity index (χ3n) is 3.74. The Hall–Kier alpha value is -1.08. The van der Waals surface area contributed by atoms with Crippen molar-refractivity contribution < 1.29 is 13.2 Å². The molecule has 1 aliphatic rings. The fraction of sp³-hybridized carbons (Fsp3) is 0.692. The third kappa shape index (κ3) is 4.71. The van der Waals surface area contributed by atoms with Gasteiger partial charge in [0, 0.05) is 22.9 Å². The van der Waals surface area contributed by atoms with Gasteiger partial charge in [-0.1, -0.05) is 25.7 Å². The van der Waals surface area contributed by atoms with Crippen LogP contribution in [0.4, 0.5) is 0 Å². The maximum Gasteiger partial charge on any atom is 0.280 e. The average molecular weight is 334 g/mol. The second kappa shape index (κ2) is 6.79. The lowest BCUT2D eigenvalue weighted by Crippen LogP contribution is -2.36. The smallest absolute Gasteiger partial charge is 0.280 e. The van der Waals surface area contributed by atoms with Gasteiger partial charge < -0.3 is 9.88 Å². The van der Waals surface area contributed by atoms with Crippen LogP contribution in [0, 0.1) is 6.92 Å². The molecule has 1 fully saturated rings. The predicted octanol–water partition coefficient (Wildman–Crippen LogP) is 1.96. The van der Waals surface area contributed by atoms with E-state index in [4.69, 9.17) is 10.7 Å². The predicted molar refractivity (Wildman–Crippen MR) is 79.6 cm³/mol. The molecule has 1 heterocycles. The summed E-state index contributed by atoms with van der Waals surface area (Å²) in [5.74, 6) is 0.325. The molecular formula is C13H20ClN3O3S. The molecule has 118 valence electrons. The maximum absolute atomic E-state index is 12.1. The molecule has 6 nitrogen and oxygen atoms in total. The first kappa shape index (κ1) is 16.3. The van der Waals surface area contributed by atoms with Crippen molar-refractivity contribution in [2.75, 3.05) is 0 Å². The first-order chi connectivity index (χ1) is 9.86. The highest BCUT2D eigenvalue weighted by molar-refractivity contribution is 8.13.